The molecule has 0 spiro atoms. The SMILES string of the molecule is Cc1cc(Nc2ncnc3cc4c(cc23)N2CCN[C@H](CO4)C2)ccc1Oc1ccn2ncnc2c1. The van der Waals surface area contributed by atoms with Gasteiger partial charge in [0.1, 0.15) is 42.3 Å². The van der Waals surface area contributed by atoms with Crippen LogP contribution in [-0.2, 0) is 0 Å². The number of fused-ring (bicyclic) bond motifs is 6. The molecular weight excluding hydrogens is 456 g/mol. The maximum absolute atomic E-state index is 6.12. The average Bonchev–Trinajstić information content (AvgIpc) is 3.33. The summed E-state index contributed by atoms with van der Waals surface area (Å²) in [6.07, 6.45) is 4.93. The first-order valence-electron chi connectivity index (χ1n) is 11.9. The number of nitrogens with zero attached hydrogens (tertiary/aromatic N) is 6. The van der Waals surface area contributed by atoms with Crippen molar-refractivity contribution in [3.05, 3.63) is 66.9 Å². The van der Waals surface area contributed by atoms with Crippen LogP contribution in [0.2, 0.25) is 0 Å². The molecule has 0 unspecified atom stereocenters. The Morgan fingerprint density at radius 3 is 3.00 bits per heavy atom. The molecule has 0 radical (unpaired) electrons. The van der Waals surface area contributed by atoms with Crippen molar-refractivity contribution in [1.82, 2.24) is 29.9 Å². The summed E-state index contributed by atoms with van der Waals surface area (Å²) in [6.45, 7) is 5.50. The Morgan fingerprint density at radius 2 is 2.06 bits per heavy atom. The highest BCUT2D eigenvalue weighted by Gasteiger charge is 2.27. The number of rotatable bonds is 4. The lowest BCUT2D eigenvalue weighted by atomic mass is 10.1. The molecule has 36 heavy (non-hydrogen) atoms. The van der Waals surface area contributed by atoms with Crippen LogP contribution in [0.5, 0.6) is 17.2 Å². The molecule has 0 saturated carbocycles. The van der Waals surface area contributed by atoms with E-state index in [0.29, 0.717) is 18.4 Å². The fraction of sp³-hybridized carbons (Fsp3) is 0.231. The monoisotopic (exact) mass is 480 g/mol. The van der Waals surface area contributed by atoms with Gasteiger partial charge in [0.15, 0.2) is 5.65 Å². The predicted molar refractivity (Wildman–Crippen MR) is 137 cm³/mol. The lowest BCUT2D eigenvalue weighted by Gasteiger charge is -2.32. The normalized spacial score (nSPS) is 16.9. The van der Waals surface area contributed by atoms with Crippen LogP contribution in [0.25, 0.3) is 16.6 Å². The highest BCUT2D eigenvalue weighted by Crippen LogP contribution is 2.38. The molecular formula is C26H24N8O2. The van der Waals surface area contributed by atoms with Crippen LogP contribution in [0.3, 0.4) is 0 Å². The van der Waals surface area contributed by atoms with Gasteiger partial charge in [0.05, 0.1) is 17.2 Å². The third-order valence-electron chi connectivity index (χ3n) is 6.67. The van der Waals surface area contributed by atoms with Gasteiger partial charge in [-0.1, -0.05) is 0 Å². The van der Waals surface area contributed by atoms with Crippen LogP contribution < -0.4 is 25.0 Å². The maximum Gasteiger partial charge on any atom is 0.158 e. The number of ether oxygens (including phenoxy) is 2. The number of piperazine rings is 1. The minimum Gasteiger partial charge on any atom is -0.490 e. The van der Waals surface area contributed by atoms with Gasteiger partial charge >= 0.3 is 0 Å². The summed E-state index contributed by atoms with van der Waals surface area (Å²) < 4.78 is 13.9. The largest absolute Gasteiger partial charge is 0.490 e. The molecule has 2 aromatic carbocycles. The first-order valence-corrected chi connectivity index (χ1v) is 11.9. The van der Waals surface area contributed by atoms with E-state index in [9.17, 15) is 0 Å². The molecule has 2 aliphatic rings. The van der Waals surface area contributed by atoms with Gasteiger partial charge in [0, 0.05) is 49.0 Å². The molecule has 0 aliphatic carbocycles. The fourth-order valence-electron chi connectivity index (χ4n) is 4.85. The van der Waals surface area contributed by atoms with E-state index < -0.39 is 0 Å². The van der Waals surface area contributed by atoms with Crippen LogP contribution in [0.1, 0.15) is 5.56 Å². The van der Waals surface area contributed by atoms with E-state index in [4.69, 9.17) is 9.47 Å². The first-order chi connectivity index (χ1) is 17.7. The molecule has 180 valence electrons. The van der Waals surface area contributed by atoms with E-state index >= 15 is 0 Å². The van der Waals surface area contributed by atoms with Gasteiger partial charge in [-0.2, -0.15) is 5.10 Å². The Morgan fingerprint density at radius 1 is 1.08 bits per heavy atom. The van der Waals surface area contributed by atoms with Crippen molar-refractivity contribution in [1.29, 1.82) is 0 Å². The third kappa shape index (κ3) is 3.72. The number of aryl methyl sites for hydroxylation is 1. The van der Waals surface area contributed by atoms with Crippen molar-refractivity contribution >= 4 is 33.7 Å². The summed E-state index contributed by atoms with van der Waals surface area (Å²) in [5, 5.41) is 12.1. The summed E-state index contributed by atoms with van der Waals surface area (Å²) in [5.74, 6) is 3.11. The van der Waals surface area contributed by atoms with E-state index in [1.807, 2.05) is 49.5 Å². The molecule has 3 aromatic heterocycles. The summed E-state index contributed by atoms with van der Waals surface area (Å²) in [7, 11) is 0. The van der Waals surface area contributed by atoms with Gasteiger partial charge in [0.25, 0.3) is 0 Å². The summed E-state index contributed by atoms with van der Waals surface area (Å²) >= 11 is 0. The van der Waals surface area contributed by atoms with Crippen molar-refractivity contribution in [3.63, 3.8) is 0 Å². The second kappa shape index (κ2) is 8.35. The molecule has 2 aliphatic heterocycles. The van der Waals surface area contributed by atoms with Crippen molar-refractivity contribution < 1.29 is 9.47 Å². The van der Waals surface area contributed by atoms with E-state index in [2.05, 4.69) is 41.7 Å². The maximum atomic E-state index is 6.12. The molecule has 5 heterocycles. The van der Waals surface area contributed by atoms with Gasteiger partial charge in [-0.15, -0.1) is 0 Å². The number of hydrogen-bond acceptors (Lipinski definition) is 9. The number of benzene rings is 2. The Balaban J connectivity index is 1.18. The van der Waals surface area contributed by atoms with Crippen LogP contribution >= 0.6 is 0 Å². The molecule has 2 N–H and O–H groups in total. The number of anilines is 3. The van der Waals surface area contributed by atoms with Crippen molar-refractivity contribution in [2.24, 2.45) is 0 Å². The van der Waals surface area contributed by atoms with Crippen LogP contribution in [0, 0.1) is 6.92 Å². The number of aromatic nitrogens is 5. The number of pyridine rings is 1. The van der Waals surface area contributed by atoms with E-state index in [-0.39, 0.29) is 0 Å². The summed E-state index contributed by atoms with van der Waals surface area (Å²) in [6, 6.07) is 14.2. The van der Waals surface area contributed by atoms with Gasteiger partial charge < -0.3 is 25.0 Å². The molecule has 10 heteroatoms. The topological polar surface area (TPSA) is 102 Å². The van der Waals surface area contributed by atoms with Crippen molar-refractivity contribution in [3.8, 4) is 17.2 Å². The molecule has 10 nitrogen and oxygen atoms in total. The van der Waals surface area contributed by atoms with E-state index in [1.54, 1.807) is 10.8 Å². The van der Waals surface area contributed by atoms with Crippen molar-refractivity contribution in [2.45, 2.75) is 13.0 Å². The smallest absolute Gasteiger partial charge is 0.158 e. The Kier molecular flexibility index (Phi) is 4.84. The zero-order valence-corrected chi connectivity index (χ0v) is 19.7. The van der Waals surface area contributed by atoms with E-state index in [0.717, 1.165) is 70.4 Å². The predicted octanol–water partition coefficient (Wildman–Crippen LogP) is 3.69. The van der Waals surface area contributed by atoms with Crippen LogP contribution in [0.4, 0.5) is 17.2 Å². The van der Waals surface area contributed by atoms with Crippen LogP contribution in [0.15, 0.2) is 61.3 Å². The quantitative estimate of drug-likeness (QED) is 0.399. The standard InChI is InChI=1S/C26H24N8O2/c1-16-8-17(2-3-23(16)36-19-4-6-34-25(9-19)29-15-31-34)32-26-20-10-22-24(11-21(20)28-14-30-26)35-13-18-12-33(22)7-5-27-18/h2-4,6,8-11,14-15,18,27H,5,7,12-13H2,1H3,(H,28,30,32)/t18-/m0/s1. The molecule has 1 atom stereocenters. The summed E-state index contributed by atoms with van der Waals surface area (Å²) in [5.41, 5.74) is 4.58. The minimum atomic E-state index is 0.333. The Labute approximate surface area is 206 Å². The zero-order chi connectivity index (χ0) is 24.1. The second-order valence-corrected chi connectivity index (χ2v) is 9.10. The van der Waals surface area contributed by atoms with Crippen LogP contribution in [-0.4, -0.2) is 56.8 Å². The molecule has 5 aromatic rings. The summed E-state index contributed by atoms with van der Waals surface area (Å²) in [4.78, 5) is 15.7. The number of hydrogen-bond donors (Lipinski definition) is 2. The fourth-order valence-corrected chi connectivity index (χ4v) is 4.85. The van der Waals surface area contributed by atoms with Gasteiger partial charge in [0.2, 0.25) is 0 Å². The Bertz CT molecular complexity index is 1600. The lowest BCUT2D eigenvalue weighted by Crippen LogP contribution is -2.51. The third-order valence-corrected chi connectivity index (χ3v) is 6.67. The highest BCUT2D eigenvalue weighted by atomic mass is 16.5. The minimum absolute atomic E-state index is 0.333. The lowest BCUT2D eigenvalue weighted by molar-refractivity contribution is 0.271. The molecule has 0 amide bonds. The zero-order valence-electron chi connectivity index (χ0n) is 19.7. The van der Waals surface area contributed by atoms with Gasteiger partial charge in [-0.3, -0.25) is 0 Å². The first kappa shape index (κ1) is 20.9. The highest BCUT2D eigenvalue weighted by molar-refractivity contribution is 5.95. The van der Waals surface area contributed by atoms with Gasteiger partial charge in [-0.05, 0) is 42.8 Å². The molecule has 2 bridgehead atoms. The van der Waals surface area contributed by atoms with Crippen molar-refractivity contribution in [2.75, 3.05) is 36.5 Å². The molecule has 1 saturated heterocycles. The average molecular weight is 481 g/mol. The molecule has 1 fully saturated rings. The Hall–Kier alpha value is -4.44. The number of nitrogens with one attached hydrogen (secondary N) is 2. The second-order valence-electron chi connectivity index (χ2n) is 9.10. The van der Waals surface area contributed by atoms with E-state index in [1.165, 1.54) is 6.33 Å². The van der Waals surface area contributed by atoms with Gasteiger partial charge in [-0.25, -0.2) is 19.5 Å². The molecule has 7 rings (SSSR count).